The smallest absolute Gasteiger partial charge is 0.103 e. The summed E-state index contributed by atoms with van der Waals surface area (Å²) < 4.78 is 0. The third-order valence-electron chi connectivity index (χ3n) is 2.87. The summed E-state index contributed by atoms with van der Waals surface area (Å²) in [6.45, 7) is 1.75. The molecule has 4 heteroatoms. The highest BCUT2D eigenvalue weighted by Gasteiger charge is 2.03. The lowest BCUT2D eigenvalue weighted by Crippen LogP contribution is -2.18. The second-order valence-corrected chi connectivity index (χ2v) is 5.03. The number of aromatic nitrogens is 1. The molecular weight excluding hydrogens is 254 g/mol. The van der Waals surface area contributed by atoms with E-state index in [4.69, 9.17) is 18.0 Å². The van der Waals surface area contributed by atoms with Crippen molar-refractivity contribution in [1.82, 2.24) is 9.88 Å². The van der Waals surface area contributed by atoms with Gasteiger partial charge in [0, 0.05) is 31.0 Å². The molecule has 0 aliphatic heterocycles. The van der Waals surface area contributed by atoms with E-state index in [0.29, 0.717) is 4.99 Å². The van der Waals surface area contributed by atoms with Crippen molar-refractivity contribution in [2.45, 2.75) is 13.1 Å². The van der Waals surface area contributed by atoms with Crippen molar-refractivity contribution in [1.29, 1.82) is 0 Å². The van der Waals surface area contributed by atoms with Crippen LogP contribution in [0, 0.1) is 0 Å². The van der Waals surface area contributed by atoms with Gasteiger partial charge in [0.15, 0.2) is 0 Å². The average Bonchev–Trinajstić information content (AvgIpc) is 2.40. The Balaban J connectivity index is 2.01. The van der Waals surface area contributed by atoms with Gasteiger partial charge < -0.3 is 5.73 Å². The molecule has 0 amide bonds. The Bertz CT molecular complexity index is 554. The maximum Gasteiger partial charge on any atom is 0.103 e. The van der Waals surface area contributed by atoms with Crippen LogP contribution in [0.1, 0.15) is 16.7 Å². The van der Waals surface area contributed by atoms with Crippen LogP contribution in [-0.4, -0.2) is 21.9 Å². The van der Waals surface area contributed by atoms with Gasteiger partial charge in [-0.15, -0.1) is 0 Å². The first-order chi connectivity index (χ1) is 9.15. The first-order valence-electron chi connectivity index (χ1n) is 6.11. The number of benzene rings is 1. The van der Waals surface area contributed by atoms with Crippen LogP contribution in [0.4, 0.5) is 0 Å². The molecule has 0 bridgehead atoms. The Morgan fingerprint density at radius 1 is 1.16 bits per heavy atom. The Hall–Kier alpha value is -1.78. The normalized spacial score (nSPS) is 10.6. The summed E-state index contributed by atoms with van der Waals surface area (Å²) >= 11 is 5.00. The second-order valence-electron chi connectivity index (χ2n) is 4.59. The first kappa shape index (κ1) is 13.6. The molecule has 2 N–H and O–H groups in total. The van der Waals surface area contributed by atoms with Crippen LogP contribution in [0.5, 0.6) is 0 Å². The number of hydrogen-bond donors (Lipinski definition) is 1. The van der Waals surface area contributed by atoms with Crippen LogP contribution in [0.15, 0.2) is 48.8 Å². The minimum atomic E-state index is 0.443. The summed E-state index contributed by atoms with van der Waals surface area (Å²) in [5, 5.41) is 0. The van der Waals surface area contributed by atoms with E-state index in [9.17, 15) is 0 Å². The first-order valence-corrected chi connectivity index (χ1v) is 6.52. The van der Waals surface area contributed by atoms with Crippen LogP contribution in [0.3, 0.4) is 0 Å². The second kappa shape index (κ2) is 6.41. The number of thiocarbonyl (C=S) groups is 1. The van der Waals surface area contributed by atoms with Crippen molar-refractivity contribution in [3.63, 3.8) is 0 Å². The fourth-order valence-corrected chi connectivity index (χ4v) is 2.12. The largest absolute Gasteiger partial charge is 0.389 e. The van der Waals surface area contributed by atoms with Gasteiger partial charge in [0.1, 0.15) is 4.99 Å². The SMILES string of the molecule is CN(Cc1ccncc1)Cc1cccc(C(N)=S)c1. The molecule has 0 saturated heterocycles. The lowest BCUT2D eigenvalue weighted by Gasteiger charge is -2.17. The maximum atomic E-state index is 5.65. The van der Waals surface area contributed by atoms with Gasteiger partial charge in [0.05, 0.1) is 0 Å². The van der Waals surface area contributed by atoms with Crippen LogP contribution in [0.2, 0.25) is 0 Å². The molecule has 1 aromatic heterocycles. The van der Waals surface area contributed by atoms with E-state index in [-0.39, 0.29) is 0 Å². The van der Waals surface area contributed by atoms with Gasteiger partial charge in [-0.3, -0.25) is 9.88 Å². The summed E-state index contributed by atoms with van der Waals surface area (Å²) in [5.74, 6) is 0. The molecular formula is C15H17N3S. The number of hydrogen-bond acceptors (Lipinski definition) is 3. The van der Waals surface area contributed by atoms with Gasteiger partial charge in [-0.25, -0.2) is 0 Å². The fraction of sp³-hybridized carbons (Fsp3) is 0.200. The molecule has 0 aliphatic rings. The third kappa shape index (κ3) is 4.12. The minimum Gasteiger partial charge on any atom is -0.389 e. The lowest BCUT2D eigenvalue weighted by atomic mass is 10.1. The highest BCUT2D eigenvalue weighted by Crippen LogP contribution is 2.10. The van der Waals surface area contributed by atoms with Gasteiger partial charge >= 0.3 is 0 Å². The molecule has 0 radical (unpaired) electrons. The van der Waals surface area contributed by atoms with Crippen LogP contribution >= 0.6 is 12.2 Å². The molecule has 2 aromatic rings. The predicted octanol–water partition coefficient (Wildman–Crippen LogP) is 2.35. The average molecular weight is 271 g/mol. The zero-order chi connectivity index (χ0) is 13.7. The summed E-state index contributed by atoms with van der Waals surface area (Å²) in [7, 11) is 2.09. The van der Waals surface area contributed by atoms with Crippen LogP contribution in [-0.2, 0) is 13.1 Å². The summed E-state index contributed by atoms with van der Waals surface area (Å²) in [4.78, 5) is 6.71. The summed E-state index contributed by atoms with van der Waals surface area (Å²) in [6.07, 6.45) is 3.63. The lowest BCUT2D eigenvalue weighted by molar-refractivity contribution is 0.319. The minimum absolute atomic E-state index is 0.443. The molecule has 1 heterocycles. The van der Waals surface area contributed by atoms with Gasteiger partial charge in [0.2, 0.25) is 0 Å². The van der Waals surface area contributed by atoms with E-state index in [2.05, 4.69) is 23.0 Å². The number of nitrogens with zero attached hydrogens (tertiary/aromatic N) is 2. The van der Waals surface area contributed by atoms with E-state index in [1.165, 1.54) is 11.1 Å². The molecule has 0 saturated carbocycles. The van der Waals surface area contributed by atoms with Crippen molar-refractivity contribution in [3.8, 4) is 0 Å². The Kier molecular flexibility index (Phi) is 4.60. The highest BCUT2D eigenvalue weighted by molar-refractivity contribution is 7.80. The Morgan fingerprint density at radius 2 is 1.84 bits per heavy atom. The third-order valence-corrected chi connectivity index (χ3v) is 3.10. The molecule has 0 fully saturated rings. The molecule has 0 unspecified atom stereocenters. The van der Waals surface area contributed by atoms with Gasteiger partial charge in [-0.2, -0.15) is 0 Å². The quantitative estimate of drug-likeness (QED) is 0.848. The van der Waals surface area contributed by atoms with E-state index in [1.807, 2.05) is 42.7 Å². The van der Waals surface area contributed by atoms with Crippen molar-refractivity contribution >= 4 is 17.2 Å². The molecule has 98 valence electrons. The van der Waals surface area contributed by atoms with Crippen LogP contribution < -0.4 is 5.73 Å². The van der Waals surface area contributed by atoms with E-state index in [0.717, 1.165) is 18.7 Å². The number of nitrogens with two attached hydrogens (primary N) is 1. The molecule has 3 nitrogen and oxygen atoms in total. The van der Waals surface area contributed by atoms with Crippen LogP contribution in [0.25, 0.3) is 0 Å². The topological polar surface area (TPSA) is 42.2 Å². The maximum absolute atomic E-state index is 5.65. The summed E-state index contributed by atoms with van der Waals surface area (Å²) in [5.41, 5.74) is 9.03. The predicted molar refractivity (Wildman–Crippen MR) is 81.7 cm³/mol. The zero-order valence-electron chi connectivity index (χ0n) is 10.9. The molecule has 0 spiro atoms. The van der Waals surface area contributed by atoms with Crippen molar-refractivity contribution in [2.75, 3.05) is 7.05 Å². The summed E-state index contributed by atoms with van der Waals surface area (Å²) in [6, 6.07) is 12.1. The van der Waals surface area contributed by atoms with E-state index >= 15 is 0 Å². The molecule has 2 rings (SSSR count). The van der Waals surface area contributed by atoms with Crippen molar-refractivity contribution in [2.24, 2.45) is 5.73 Å². The van der Waals surface area contributed by atoms with Gasteiger partial charge in [-0.05, 0) is 36.4 Å². The van der Waals surface area contributed by atoms with E-state index < -0.39 is 0 Å². The number of pyridine rings is 1. The molecule has 0 atom stereocenters. The Labute approximate surface area is 119 Å². The van der Waals surface area contributed by atoms with Crippen molar-refractivity contribution in [3.05, 3.63) is 65.5 Å². The van der Waals surface area contributed by atoms with Crippen molar-refractivity contribution < 1.29 is 0 Å². The van der Waals surface area contributed by atoms with Gasteiger partial charge in [0.25, 0.3) is 0 Å². The molecule has 0 aliphatic carbocycles. The monoisotopic (exact) mass is 271 g/mol. The zero-order valence-corrected chi connectivity index (χ0v) is 11.7. The Morgan fingerprint density at radius 3 is 2.53 bits per heavy atom. The fourth-order valence-electron chi connectivity index (χ4n) is 1.99. The molecule has 1 aromatic carbocycles. The standard InChI is InChI=1S/C15H17N3S/c1-18(10-12-5-7-17-8-6-12)11-13-3-2-4-14(9-13)15(16)19/h2-9H,10-11H2,1H3,(H2,16,19). The highest BCUT2D eigenvalue weighted by atomic mass is 32.1. The van der Waals surface area contributed by atoms with Gasteiger partial charge in [-0.1, -0.05) is 30.4 Å². The number of rotatable bonds is 5. The molecule has 19 heavy (non-hydrogen) atoms. The van der Waals surface area contributed by atoms with E-state index in [1.54, 1.807) is 0 Å².